The number of rotatable bonds is 7. The molecule has 0 bridgehead atoms. The third-order valence-electron chi connectivity index (χ3n) is 2.53. The summed E-state index contributed by atoms with van der Waals surface area (Å²) >= 11 is 0. The topological polar surface area (TPSA) is 34.1 Å². The van der Waals surface area contributed by atoms with E-state index in [1.54, 1.807) is 6.20 Å². The van der Waals surface area contributed by atoms with Crippen LogP contribution in [0, 0.1) is 6.92 Å². The Balaban J connectivity index is 2.19. The highest BCUT2D eigenvalue weighted by Crippen LogP contribution is 2.12. The molecular formula is C13H22N2O. The Labute approximate surface area is 98.2 Å². The first-order valence-electron chi connectivity index (χ1n) is 6.01. The van der Waals surface area contributed by atoms with Crippen LogP contribution in [0.3, 0.4) is 0 Å². The van der Waals surface area contributed by atoms with Gasteiger partial charge in [0.1, 0.15) is 12.4 Å². The lowest BCUT2D eigenvalue weighted by Gasteiger charge is -2.13. The second kappa shape index (κ2) is 7.23. The summed E-state index contributed by atoms with van der Waals surface area (Å²) < 4.78 is 5.64. The van der Waals surface area contributed by atoms with Crippen LogP contribution in [0.5, 0.6) is 5.75 Å². The molecule has 0 aliphatic carbocycles. The second-order valence-electron chi connectivity index (χ2n) is 4.08. The van der Waals surface area contributed by atoms with Gasteiger partial charge in [-0.3, -0.25) is 4.98 Å². The number of nitrogens with one attached hydrogen (secondary N) is 1. The molecular weight excluding hydrogens is 200 g/mol. The Kier molecular flexibility index (Phi) is 5.86. The fourth-order valence-corrected chi connectivity index (χ4v) is 1.62. The number of aryl methyl sites for hydroxylation is 1. The minimum atomic E-state index is 0.573. The van der Waals surface area contributed by atoms with Crippen LogP contribution in [0.1, 0.15) is 32.4 Å². The molecule has 1 N–H and O–H groups in total. The van der Waals surface area contributed by atoms with E-state index in [4.69, 9.17) is 4.74 Å². The van der Waals surface area contributed by atoms with E-state index in [2.05, 4.69) is 24.1 Å². The maximum Gasteiger partial charge on any atom is 0.140 e. The van der Waals surface area contributed by atoms with E-state index in [-0.39, 0.29) is 0 Å². The van der Waals surface area contributed by atoms with Gasteiger partial charge in [-0.25, -0.2) is 0 Å². The molecule has 0 aliphatic heterocycles. The van der Waals surface area contributed by atoms with E-state index in [1.165, 1.54) is 12.8 Å². The maximum absolute atomic E-state index is 5.64. The average Bonchev–Trinajstić information content (AvgIpc) is 2.27. The van der Waals surface area contributed by atoms with Crippen molar-refractivity contribution < 1.29 is 4.74 Å². The van der Waals surface area contributed by atoms with Crippen molar-refractivity contribution in [1.29, 1.82) is 0 Å². The smallest absolute Gasteiger partial charge is 0.140 e. The molecule has 1 atom stereocenters. The molecule has 1 unspecified atom stereocenters. The van der Waals surface area contributed by atoms with Crippen LogP contribution in [0.25, 0.3) is 0 Å². The van der Waals surface area contributed by atoms with Crippen LogP contribution in [-0.4, -0.2) is 24.2 Å². The van der Waals surface area contributed by atoms with Gasteiger partial charge < -0.3 is 10.1 Å². The minimum absolute atomic E-state index is 0.573. The van der Waals surface area contributed by atoms with Gasteiger partial charge in [0.15, 0.2) is 0 Å². The van der Waals surface area contributed by atoms with Crippen molar-refractivity contribution in [3.8, 4) is 5.75 Å². The van der Waals surface area contributed by atoms with Crippen molar-refractivity contribution in [2.45, 2.75) is 39.7 Å². The summed E-state index contributed by atoms with van der Waals surface area (Å²) in [6, 6.07) is 4.43. The summed E-state index contributed by atoms with van der Waals surface area (Å²) in [5, 5.41) is 3.43. The third-order valence-corrected chi connectivity index (χ3v) is 2.53. The molecule has 1 aromatic rings. The highest BCUT2D eigenvalue weighted by Gasteiger charge is 2.00. The zero-order chi connectivity index (χ0) is 11.8. The summed E-state index contributed by atoms with van der Waals surface area (Å²) in [7, 11) is 0. The molecule has 0 saturated heterocycles. The summed E-state index contributed by atoms with van der Waals surface area (Å²) in [6.45, 7) is 7.95. The van der Waals surface area contributed by atoms with Crippen molar-refractivity contribution in [2.75, 3.05) is 13.2 Å². The molecule has 90 valence electrons. The molecule has 3 nitrogen and oxygen atoms in total. The molecule has 1 aromatic heterocycles. The Hall–Kier alpha value is -1.09. The highest BCUT2D eigenvalue weighted by atomic mass is 16.5. The van der Waals surface area contributed by atoms with E-state index in [0.29, 0.717) is 12.6 Å². The number of hydrogen-bond acceptors (Lipinski definition) is 3. The monoisotopic (exact) mass is 222 g/mol. The fourth-order valence-electron chi connectivity index (χ4n) is 1.62. The van der Waals surface area contributed by atoms with Crippen LogP contribution in [-0.2, 0) is 0 Å². The highest BCUT2D eigenvalue weighted by molar-refractivity contribution is 5.25. The standard InChI is InChI=1S/C13H22N2O/c1-4-6-11(2)14-9-10-16-13-7-5-8-15-12(13)3/h5,7-8,11,14H,4,6,9-10H2,1-3H3. The first kappa shape index (κ1) is 13.0. The normalized spacial score (nSPS) is 12.4. The van der Waals surface area contributed by atoms with Gasteiger partial charge in [0.25, 0.3) is 0 Å². The first-order chi connectivity index (χ1) is 7.74. The predicted octanol–water partition coefficient (Wildman–Crippen LogP) is 2.55. The van der Waals surface area contributed by atoms with E-state index in [1.807, 2.05) is 19.1 Å². The van der Waals surface area contributed by atoms with Crippen molar-refractivity contribution in [3.63, 3.8) is 0 Å². The number of ether oxygens (including phenoxy) is 1. The minimum Gasteiger partial charge on any atom is -0.490 e. The quantitative estimate of drug-likeness (QED) is 0.720. The van der Waals surface area contributed by atoms with Gasteiger partial charge >= 0.3 is 0 Å². The summed E-state index contributed by atoms with van der Waals surface area (Å²) in [4.78, 5) is 4.18. The molecule has 1 heterocycles. The Morgan fingerprint density at radius 2 is 2.31 bits per heavy atom. The molecule has 0 radical (unpaired) electrons. The molecule has 0 saturated carbocycles. The number of nitrogens with zero attached hydrogens (tertiary/aromatic N) is 1. The van der Waals surface area contributed by atoms with Crippen molar-refractivity contribution in [2.24, 2.45) is 0 Å². The van der Waals surface area contributed by atoms with Crippen molar-refractivity contribution in [1.82, 2.24) is 10.3 Å². The molecule has 0 fully saturated rings. The lowest BCUT2D eigenvalue weighted by atomic mass is 10.2. The fraction of sp³-hybridized carbons (Fsp3) is 0.615. The van der Waals surface area contributed by atoms with E-state index in [0.717, 1.165) is 18.0 Å². The number of pyridine rings is 1. The van der Waals surface area contributed by atoms with Crippen LogP contribution in [0.2, 0.25) is 0 Å². The molecule has 3 heteroatoms. The Bertz CT molecular complexity index is 302. The SMILES string of the molecule is CCCC(C)NCCOc1cccnc1C. The van der Waals surface area contributed by atoms with E-state index < -0.39 is 0 Å². The van der Waals surface area contributed by atoms with Gasteiger partial charge in [-0.15, -0.1) is 0 Å². The molecule has 0 spiro atoms. The van der Waals surface area contributed by atoms with E-state index in [9.17, 15) is 0 Å². The van der Waals surface area contributed by atoms with Crippen LogP contribution >= 0.6 is 0 Å². The van der Waals surface area contributed by atoms with Crippen molar-refractivity contribution >= 4 is 0 Å². The van der Waals surface area contributed by atoms with Gasteiger partial charge in [0.05, 0.1) is 5.69 Å². The van der Waals surface area contributed by atoms with E-state index >= 15 is 0 Å². The third kappa shape index (κ3) is 4.62. The van der Waals surface area contributed by atoms with Gasteiger partial charge in [-0.2, -0.15) is 0 Å². The largest absolute Gasteiger partial charge is 0.490 e. The summed E-state index contributed by atoms with van der Waals surface area (Å²) in [6.07, 6.45) is 4.21. The number of aromatic nitrogens is 1. The predicted molar refractivity (Wildman–Crippen MR) is 66.8 cm³/mol. The lowest BCUT2D eigenvalue weighted by Crippen LogP contribution is -2.30. The lowest BCUT2D eigenvalue weighted by molar-refractivity contribution is 0.302. The molecule has 16 heavy (non-hydrogen) atoms. The Morgan fingerprint density at radius 1 is 1.50 bits per heavy atom. The molecule has 0 amide bonds. The zero-order valence-corrected chi connectivity index (χ0v) is 10.5. The van der Waals surface area contributed by atoms with Gasteiger partial charge in [0, 0.05) is 18.8 Å². The molecule has 0 aliphatic rings. The average molecular weight is 222 g/mol. The zero-order valence-electron chi connectivity index (χ0n) is 10.5. The number of hydrogen-bond donors (Lipinski definition) is 1. The van der Waals surface area contributed by atoms with Gasteiger partial charge in [-0.05, 0) is 32.4 Å². The van der Waals surface area contributed by atoms with Gasteiger partial charge in [-0.1, -0.05) is 13.3 Å². The molecule has 1 rings (SSSR count). The summed E-state index contributed by atoms with van der Waals surface area (Å²) in [5.74, 6) is 0.882. The Morgan fingerprint density at radius 3 is 3.00 bits per heavy atom. The van der Waals surface area contributed by atoms with Crippen LogP contribution in [0.4, 0.5) is 0 Å². The summed E-state index contributed by atoms with van der Waals surface area (Å²) in [5.41, 5.74) is 0.948. The first-order valence-corrected chi connectivity index (χ1v) is 6.01. The van der Waals surface area contributed by atoms with Crippen LogP contribution < -0.4 is 10.1 Å². The van der Waals surface area contributed by atoms with Gasteiger partial charge in [0.2, 0.25) is 0 Å². The molecule has 0 aromatic carbocycles. The van der Waals surface area contributed by atoms with Crippen LogP contribution in [0.15, 0.2) is 18.3 Å². The van der Waals surface area contributed by atoms with Crippen molar-refractivity contribution in [3.05, 3.63) is 24.0 Å². The second-order valence-corrected chi connectivity index (χ2v) is 4.08. The maximum atomic E-state index is 5.64.